The monoisotopic (exact) mass is 1130 g/mol. The fourth-order valence-corrected chi connectivity index (χ4v) is 18.0. The van der Waals surface area contributed by atoms with E-state index in [-0.39, 0.29) is 55.6 Å². The zero-order chi connectivity index (χ0) is 42.4. The van der Waals surface area contributed by atoms with E-state index < -0.39 is 15.8 Å². The van der Waals surface area contributed by atoms with Gasteiger partial charge in [-0.2, -0.15) is 0 Å². The molecule has 4 aliphatic carbocycles. The molecule has 10 rings (SSSR count). The van der Waals surface area contributed by atoms with E-state index in [1.807, 2.05) is 12.1 Å². The minimum Gasteiger partial charge on any atom is -0.366 e. The van der Waals surface area contributed by atoms with E-state index in [0.29, 0.717) is 5.66 Å². The Balaban J connectivity index is 0.000000161. The van der Waals surface area contributed by atoms with E-state index in [4.69, 9.17) is 12.8 Å². The normalized spacial score (nSPS) is 17.0. The van der Waals surface area contributed by atoms with Crippen LogP contribution in [0.15, 0.2) is 193 Å². The average Bonchev–Trinajstić information content (AvgIpc) is 3.69. The van der Waals surface area contributed by atoms with E-state index in [2.05, 4.69) is 216 Å². The molecule has 0 spiro atoms. The van der Waals surface area contributed by atoms with Crippen molar-refractivity contribution in [3.63, 3.8) is 0 Å². The summed E-state index contributed by atoms with van der Waals surface area (Å²) in [5.41, 5.74) is 13.0. The smallest absolute Gasteiger partial charge is 0.366 e. The molecule has 0 heterocycles. The molecule has 63 heavy (non-hydrogen) atoms. The van der Waals surface area contributed by atoms with E-state index in [1.54, 1.807) is 15.9 Å². The molecule has 3 atom stereocenters. The fraction of sp³-hybridized carbons (Fsp3) is 0.186. The molecule has 0 amide bonds. The molecule has 4 heteroatoms. The summed E-state index contributed by atoms with van der Waals surface area (Å²) in [6.45, 7) is 9.02. The van der Waals surface area contributed by atoms with Crippen molar-refractivity contribution in [2.75, 3.05) is 5.90 Å². The van der Waals surface area contributed by atoms with Crippen LogP contribution < -0.4 is 10.6 Å². The largest absolute Gasteiger partial charge is 1.00 e. The van der Waals surface area contributed by atoms with Gasteiger partial charge in [0.25, 0.3) is 0 Å². The number of fused-ring (bicyclic) bond motifs is 6. The summed E-state index contributed by atoms with van der Waals surface area (Å²) in [5.74, 6) is 6.28. The van der Waals surface area contributed by atoms with Gasteiger partial charge in [0, 0.05) is 17.3 Å². The van der Waals surface area contributed by atoms with Crippen LogP contribution in [0.3, 0.4) is 0 Å². The van der Waals surface area contributed by atoms with Crippen LogP contribution in [0, 0.1) is 24.7 Å². The Labute approximate surface area is 411 Å². The molecule has 0 bridgehead atoms. The third kappa shape index (κ3) is 10.3. The Bertz CT molecular complexity index is 2630. The van der Waals surface area contributed by atoms with Crippen molar-refractivity contribution in [2.45, 2.75) is 63.4 Å². The van der Waals surface area contributed by atoms with Gasteiger partial charge >= 0.3 is 44.8 Å². The second kappa shape index (κ2) is 21.6. The molecule has 3 unspecified atom stereocenters. The summed E-state index contributed by atoms with van der Waals surface area (Å²) in [6, 6.07) is 52.0. The van der Waals surface area contributed by atoms with Crippen LogP contribution in [0.5, 0.6) is 0 Å². The minimum absolute atomic E-state index is 0. The van der Waals surface area contributed by atoms with Crippen LogP contribution in [0.1, 0.15) is 80.3 Å². The number of rotatable bonds is 6. The molecule has 6 aromatic rings. The molecule has 0 aliphatic heterocycles. The van der Waals surface area contributed by atoms with Crippen LogP contribution in [-0.4, -0.2) is 11.6 Å². The standard InChI is InChI=1S/C25H26P2.2C17H13.Ag.Au/c1-5-13-22(14-6-1)26(23-15-7-2-8-16-23)21-27(24-17-9-3-10-18-24)25-19-11-4-12-20-25;2*1-4-12-9-10-16-14(11-12)13-7-5-6-8-15(13)17(16,2)3;;/h1-3,5-11,13-15,17-20,23H,4,12,16,21H2;2*5-11H,2-3H3;;/q;2*-1;2*+1/p+2. The van der Waals surface area contributed by atoms with Crippen LogP contribution in [-0.2, 0) is 55.6 Å². The van der Waals surface area contributed by atoms with E-state index in [1.165, 1.54) is 69.7 Å². The Kier molecular flexibility index (Phi) is 16.5. The van der Waals surface area contributed by atoms with E-state index in [0.717, 1.165) is 11.1 Å². The van der Waals surface area contributed by atoms with Crippen LogP contribution in [0.4, 0.5) is 0 Å². The Morgan fingerprint density at radius 3 is 1.52 bits per heavy atom. The maximum Gasteiger partial charge on any atom is 1.00 e. The number of hydrogen-bond acceptors (Lipinski definition) is 0. The molecule has 0 radical (unpaired) electrons. The average molecular weight is 1130 g/mol. The first-order chi connectivity index (χ1) is 29.7. The van der Waals surface area contributed by atoms with Crippen molar-refractivity contribution >= 4 is 26.5 Å². The van der Waals surface area contributed by atoms with Gasteiger partial charge < -0.3 is 12.8 Å². The first-order valence-corrected chi connectivity index (χ1v) is 25.1. The third-order valence-corrected chi connectivity index (χ3v) is 20.3. The molecule has 6 aromatic carbocycles. The van der Waals surface area contributed by atoms with Crippen LogP contribution in [0.2, 0.25) is 0 Å². The summed E-state index contributed by atoms with van der Waals surface area (Å²) in [7, 11) is -1.44. The molecule has 0 fully saturated rings. The first-order valence-electron chi connectivity index (χ1n) is 21.6. The van der Waals surface area contributed by atoms with E-state index in [9.17, 15) is 0 Å². The Morgan fingerprint density at radius 2 is 1.05 bits per heavy atom. The van der Waals surface area contributed by atoms with Crippen molar-refractivity contribution in [3.05, 3.63) is 240 Å². The second-order valence-corrected chi connectivity index (χ2v) is 23.2. The van der Waals surface area contributed by atoms with Crippen molar-refractivity contribution in [1.82, 2.24) is 0 Å². The van der Waals surface area contributed by atoms with Crippen molar-refractivity contribution in [2.24, 2.45) is 0 Å². The Morgan fingerprint density at radius 1 is 0.556 bits per heavy atom. The SMILES string of the molecule is C1=CCC([PH+](C[PH+](C2=CCCC=C2)c2ccccc2)c2ccccc2)C=C1.[Ag+].[Au+].[C-]#Cc1ccc2c(c1)-c1ccccc1C2(C)C.[C-]#Cc1ccc2c(c1)-c1ccccc1C2(C)C. The number of benzene rings is 6. The first kappa shape index (κ1) is 48.2. The fourth-order valence-electron chi connectivity index (χ4n) is 9.57. The summed E-state index contributed by atoms with van der Waals surface area (Å²) in [6.07, 6.45) is 34.7. The van der Waals surface area contributed by atoms with Crippen LogP contribution >= 0.6 is 15.8 Å². The van der Waals surface area contributed by atoms with Gasteiger partial charge in [0.1, 0.15) is 13.2 Å². The summed E-state index contributed by atoms with van der Waals surface area (Å²) >= 11 is 0. The molecule has 320 valence electrons. The van der Waals surface area contributed by atoms with Crippen LogP contribution in [0.25, 0.3) is 22.3 Å². The molecule has 4 aliphatic rings. The third-order valence-electron chi connectivity index (χ3n) is 12.9. The summed E-state index contributed by atoms with van der Waals surface area (Å²) < 4.78 is 0. The van der Waals surface area contributed by atoms with Gasteiger partial charge in [-0.1, -0.05) is 149 Å². The second-order valence-electron chi connectivity index (χ2n) is 17.3. The molecular weight excluding hydrogens is 1080 g/mol. The molecule has 0 saturated heterocycles. The van der Waals surface area contributed by atoms with Gasteiger partial charge in [-0.05, 0) is 99.8 Å². The van der Waals surface area contributed by atoms with Gasteiger partial charge in [0.05, 0.1) is 24.2 Å². The van der Waals surface area contributed by atoms with E-state index >= 15 is 0 Å². The van der Waals surface area contributed by atoms with Crippen molar-refractivity contribution in [1.29, 1.82) is 0 Å². The Hall–Kier alpha value is -4.26. The molecule has 0 nitrogen and oxygen atoms in total. The van der Waals surface area contributed by atoms with Gasteiger partial charge in [-0.15, -0.1) is 35.4 Å². The maximum atomic E-state index is 7.24. The van der Waals surface area contributed by atoms with Crippen molar-refractivity contribution in [3.8, 4) is 34.1 Å². The van der Waals surface area contributed by atoms with Gasteiger partial charge in [0.2, 0.25) is 0 Å². The summed E-state index contributed by atoms with van der Waals surface area (Å²) in [4.78, 5) is 0. The minimum atomic E-state index is -0.755. The quantitative estimate of drug-likeness (QED) is 0.0675. The number of allylic oxidation sites excluding steroid dienone is 8. The van der Waals surface area contributed by atoms with Gasteiger partial charge in [0.15, 0.2) is 5.90 Å². The molecule has 0 saturated carbocycles. The topological polar surface area (TPSA) is 0 Å². The predicted molar refractivity (Wildman–Crippen MR) is 267 cm³/mol. The predicted octanol–water partition coefficient (Wildman–Crippen LogP) is 14.0. The zero-order valence-electron chi connectivity index (χ0n) is 36.4. The van der Waals surface area contributed by atoms with Crippen molar-refractivity contribution < 1.29 is 44.8 Å². The van der Waals surface area contributed by atoms with Gasteiger partial charge in [-0.25, -0.2) is 0 Å². The van der Waals surface area contributed by atoms with Gasteiger partial charge in [-0.3, -0.25) is 11.8 Å². The molecule has 0 N–H and O–H groups in total. The molecular formula is C59H54AgAuP2+2. The maximum absolute atomic E-state index is 7.24. The number of hydrogen-bond donors (Lipinski definition) is 0. The molecule has 0 aromatic heterocycles. The zero-order valence-corrected chi connectivity index (χ0v) is 42.1. The summed E-state index contributed by atoms with van der Waals surface area (Å²) in [5, 5.41) is 4.77.